The highest BCUT2D eigenvalue weighted by Crippen LogP contribution is 2.04. The molecule has 0 saturated heterocycles. The Hall–Kier alpha value is -0.650. The van der Waals surface area contributed by atoms with Crippen molar-refractivity contribution < 1.29 is 14.4 Å². The molecule has 0 radical (unpaired) electrons. The van der Waals surface area contributed by atoms with Crippen LogP contribution in [0.3, 0.4) is 0 Å². The van der Waals surface area contributed by atoms with Crippen molar-refractivity contribution in [3.63, 3.8) is 0 Å². The minimum absolute atomic E-state index is 0.154. The lowest BCUT2D eigenvalue weighted by Crippen LogP contribution is -2.44. The highest BCUT2D eigenvalue weighted by atomic mass is 16.7. The first kappa shape index (κ1) is 13.4. The maximum atomic E-state index is 11.3. The largest absolute Gasteiger partial charge is 0.382 e. The molecule has 14 heavy (non-hydrogen) atoms. The molecule has 84 valence electrons. The van der Waals surface area contributed by atoms with Crippen LogP contribution in [0.25, 0.3) is 0 Å². The van der Waals surface area contributed by atoms with Crippen molar-refractivity contribution in [1.82, 2.24) is 5.48 Å². The van der Waals surface area contributed by atoms with Gasteiger partial charge in [0, 0.05) is 7.11 Å². The van der Waals surface area contributed by atoms with Crippen molar-refractivity contribution in [2.75, 3.05) is 20.3 Å². The van der Waals surface area contributed by atoms with Crippen LogP contribution in [-0.2, 0) is 14.4 Å². The van der Waals surface area contributed by atoms with Gasteiger partial charge in [-0.25, -0.2) is 5.48 Å². The Morgan fingerprint density at radius 3 is 2.64 bits per heavy atom. The first-order valence-corrected chi connectivity index (χ1v) is 4.79. The standard InChI is InChI=1S/C9H20N2O3/c1-4-7(2)8(10)9(12)11-14-6-5-13-3/h7-8H,4-6,10H2,1-3H3,(H,11,12). The van der Waals surface area contributed by atoms with Gasteiger partial charge in [0.25, 0.3) is 5.91 Å². The number of methoxy groups -OCH3 is 1. The molecule has 0 aliphatic rings. The average molecular weight is 204 g/mol. The van der Waals surface area contributed by atoms with Crippen LogP contribution >= 0.6 is 0 Å². The summed E-state index contributed by atoms with van der Waals surface area (Å²) < 4.78 is 4.75. The second kappa shape index (κ2) is 7.73. The van der Waals surface area contributed by atoms with E-state index in [9.17, 15) is 4.79 Å². The van der Waals surface area contributed by atoms with Gasteiger partial charge in [0.05, 0.1) is 19.3 Å². The summed E-state index contributed by atoms with van der Waals surface area (Å²) in [7, 11) is 1.57. The quantitative estimate of drug-likeness (QED) is 0.454. The lowest BCUT2D eigenvalue weighted by Gasteiger charge is -2.17. The summed E-state index contributed by atoms with van der Waals surface area (Å²) in [6, 6.07) is -0.512. The maximum Gasteiger partial charge on any atom is 0.260 e. The number of amides is 1. The van der Waals surface area contributed by atoms with Gasteiger partial charge in [-0.2, -0.15) is 0 Å². The first-order valence-electron chi connectivity index (χ1n) is 4.79. The van der Waals surface area contributed by atoms with Crippen molar-refractivity contribution in [3.8, 4) is 0 Å². The molecule has 0 fully saturated rings. The van der Waals surface area contributed by atoms with Crippen LogP contribution in [0.1, 0.15) is 20.3 Å². The maximum absolute atomic E-state index is 11.3. The van der Waals surface area contributed by atoms with E-state index in [4.69, 9.17) is 15.3 Å². The molecule has 0 saturated carbocycles. The molecule has 2 unspecified atom stereocenters. The number of ether oxygens (including phenoxy) is 1. The number of hydroxylamine groups is 1. The molecule has 0 aliphatic carbocycles. The molecular formula is C9H20N2O3. The van der Waals surface area contributed by atoms with E-state index in [1.165, 1.54) is 0 Å². The van der Waals surface area contributed by atoms with Crippen LogP contribution in [-0.4, -0.2) is 32.3 Å². The Kier molecular flexibility index (Phi) is 7.37. The van der Waals surface area contributed by atoms with Crippen molar-refractivity contribution in [1.29, 1.82) is 0 Å². The second-order valence-electron chi connectivity index (χ2n) is 3.22. The number of hydrogen-bond donors (Lipinski definition) is 2. The molecule has 5 nitrogen and oxygen atoms in total. The summed E-state index contributed by atoms with van der Waals surface area (Å²) in [5.74, 6) is -0.128. The van der Waals surface area contributed by atoms with Gasteiger partial charge in [0.2, 0.25) is 0 Å². The molecule has 3 N–H and O–H groups in total. The Balaban J connectivity index is 3.62. The monoisotopic (exact) mass is 204 g/mol. The molecule has 0 bridgehead atoms. The summed E-state index contributed by atoms with van der Waals surface area (Å²) >= 11 is 0. The van der Waals surface area contributed by atoms with Gasteiger partial charge in [-0.3, -0.25) is 9.63 Å². The predicted octanol–water partition coefficient (Wildman–Crippen LogP) is 0.0540. The zero-order valence-corrected chi connectivity index (χ0v) is 9.08. The fraction of sp³-hybridized carbons (Fsp3) is 0.889. The van der Waals surface area contributed by atoms with Crippen LogP contribution in [0.15, 0.2) is 0 Å². The number of carbonyl (C=O) groups is 1. The smallest absolute Gasteiger partial charge is 0.260 e. The molecule has 0 aromatic carbocycles. The summed E-state index contributed by atoms with van der Waals surface area (Å²) in [5.41, 5.74) is 7.95. The Bertz CT molecular complexity index is 164. The zero-order chi connectivity index (χ0) is 11.0. The van der Waals surface area contributed by atoms with E-state index < -0.39 is 6.04 Å². The third-order valence-electron chi connectivity index (χ3n) is 2.12. The molecule has 0 heterocycles. The van der Waals surface area contributed by atoms with Crippen LogP contribution in [0.2, 0.25) is 0 Å². The van der Waals surface area contributed by atoms with Crippen molar-refractivity contribution >= 4 is 5.91 Å². The highest BCUT2D eigenvalue weighted by Gasteiger charge is 2.19. The summed E-state index contributed by atoms with van der Waals surface area (Å²) in [5, 5.41) is 0. The zero-order valence-electron chi connectivity index (χ0n) is 9.08. The molecule has 0 aromatic rings. The number of hydrogen-bond acceptors (Lipinski definition) is 4. The van der Waals surface area contributed by atoms with Crippen molar-refractivity contribution in [2.45, 2.75) is 26.3 Å². The van der Waals surface area contributed by atoms with Crippen LogP contribution in [0, 0.1) is 5.92 Å². The summed E-state index contributed by atoms with van der Waals surface area (Å²) in [6.45, 7) is 4.69. The minimum Gasteiger partial charge on any atom is -0.382 e. The molecule has 0 aliphatic heterocycles. The van der Waals surface area contributed by atoms with E-state index >= 15 is 0 Å². The highest BCUT2D eigenvalue weighted by molar-refractivity contribution is 5.80. The Morgan fingerprint density at radius 1 is 1.50 bits per heavy atom. The van der Waals surface area contributed by atoms with Crippen molar-refractivity contribution in [2.24, 2.45) is 11.7 Å². The molecule has 0 aromatic heterocycles. The average Bonchev–Trinajstić information content (AvgIpc) is 2.21. The van der Waals surface area contributed by atoms with E-state index in [2.05, 4.69) is 5.48 Å². The summed E-state index contributed by atoms with van der Waals surface area (Å²) in [4.78, 5) is 16.2. The lowest BCUT2D eigenvalue weighted by atomic mass is 10.00. The molecule has 0 spiro atoms. The lowest BCUT2D eigenvalue weighted by molar-refractivity contribution is -0.137. The molecular weight excluding hydrogens is 184 g/mol. The Labute approximate surface area is 84.9 Å². The normalized spacial score (nSPS) is 14.9. The second-order valence-corrected chi connectivity index (χ2v) is 3.22. The van der Waals surface area contributed by atoms with Gasteiger partial charge in [-0.15, -0.1) is 0 Å². The fourth-order valence-corrected chi connectivity index (χ4v) is 0.828. The van der Waals surface area contributed by atoms with Gasteiger partial charge in [-0.1, -0.05) is 20.3 Å². The van der Waals surface area contributed by atoms with E-state index in [-0.39, 0.29) is 11.8 Å². The number of nitrogens with one attached hydrogen (secondary N) is 1. The first-order chi connectivity index (χ1) is 6.63. The van der Waals surface area contributed by atoms with Gasteiger partial charge in [0.1, 0.15) is 0 Å². The minimum atomic E-state index is -0.512. The third-order valence-corrected chi connectivity index (χ3v) is 2.12. The van der Waals surface area contributed by atoms with Gasteiger partial charge in [0.15, 0.2) is 0 Å². The molecule has 2 atom stereocenters. The molecule has 5 heteroatoms. The number of carbonyl (C=O) groups excluding carboxylic acids is 1. The topological polar surface area (TPSA) is 73.6 Å². The molecule has 1 amide bonds. The number of rotatable bonds is 7. The van der Waals surface area contributed by atoms with E-state index in [1.807, 2.05) is 13.8 Å². The van der Waals surface area contributed by atoms with Gasteiger partial charge in [-0.05, 0) is 5.92 Å². The van der Waals surface area contributed by atoms with E-state index in [1.54, 1.807) is 7.11 Å². The van der Waals surface area contributed by atoms with E-state index in [0.717, 1.165) is 6.42 Å². The fourth-order valence-electron chi connectivity index (χ4n) is 0.828. The summed E-state index contributed by atoms with van der Waals surface area (Å²) in [6.07, 6.45) is 0.868. The van der Waals surface area contributed by atoms with Crippen LogP contribution in [0.5, 0.6) is 0 Å². The van der Waals surface area contributed by atoms with Gasteiger partial charge < -0.3 is 10.5 Å². The SMILES string of the molecule is CCC(C)C(N)C(=O)NOCCOC. The Morgan fingerprint density at radius 2 is 2.14 bits per heavy atom. The van der Waals surface area contributed by atoms with Gasteiger partial charge >= 0.3 is 0 Å². The number of nitrogens with two attached hydrogens (primary N) is 1. The molecule has 0 rings (SSSR count). The van der Waals surface area contributed by atoms with Crippen molar-refractivity contribution in [3.05, 3.63) is 0 Å². The third kappa shape index (κ3) is 5.16. The van der Waals surface area contributed by atoms with E-state index in [0.29, 0.717) is 13.2 Å². The van der Waals surface area contributed by atoms with Crippen LogP contribution < -0.4 is 11.2 Å². The van der Waals surface area contributed by atoms with Crippen LogP contribution in [0.4, 0.5) is 0 Å². The predicted molar refractivity (Wildman–Crippen MR) is 53.4 cm³/mol.